The molecule has 0 atom stereocenters. The summed E-state index contributed by atoms with van der Waals surface area (Å²) in [6.45, 7) is 7.75. The molecule has 0 unspecified atom stereocenters. The average molecular weight is 360 g/mol. The van der Waals surface area contributed by atoms with Gasteiger partial charge in [-0.15, -0.1) is 0 Å². The van der Waals surface area contributed by atoms with Crippen molar-refractivity contribution in [2.45, 2.75) is 51.7 Å². The molecule has 2 heterocycles. The van der Waals surface area contributed by atoms with Gasteiger partial charge in [-0.3, -0.25) is 14.5 Å². The number of ether oxygens (including phenoxy) is 2. The van der Waals surface area contributed by atoms with Crippen molar-refractivity contribution in [2.75, 3.05) is 13.2 Å². The molecule has 1 saturated heterocycles. The number of hydrogen-bond acceptors (Lipinski definition) is 5. The Morgan fingerprint density at radius 2 is 1.92 bits per heavy atom. The van der Waals surface area contributed by atoms with Crippen molar-refractivity contribution < 1.29 is 23.9 Å². The minimum Gasteiger partial charge on any atom is -0.493 e. The molecule has 0 radical (unpaired) electrons. The van der Waals surface area contributed by atoms with Crippen molar-refractivity contribution >= 4 is 17.7 Å². The van der Waals surface area contributed by atoms with Gasteiger partial charge in [-0.25, -0.2) is 4.79 Å². The van der Waals surface area contributed by atoms with Gasteiger partial charge in [-0.1, -0.05) is 0 Å². The lowest BCUT2D eigenvalue weighted by Crippen LogP contribution is -2.40. The van der Waals surface area contributed by atoms with Crippen molar-refractivity contribution in [3.8, 4) is 11.5 Å². The Bertz CT molecular complexity index is 769. The third kappa shape index (κ3) is 3.52. The van der Waals surface area contributed by atoms with Crippen LogP contribution in [0.4, 0.5) is 4.79 Å². The Balaban J connectivity index is 1.56. The Kier molecular flexibility index (Phi) is 4.42. The maximum atomic E-state index is 12.1. The molecule has 3 amide bonds. The van der Waals surface area contributed by atoms with Gasteiger partial charge >= 0.3 is 6.03 Å². The molecule has 0 bridgehead atoms. The van der Waals surface area contributed by atoms with Crippen LogP contribution < -0.4 is 14.8 Å². The zero-order chi connectivity index (χ0) is 19.1. The third-order valence-corrected chi connectivity index (χ3v) is 4.47. The number of amides is 3. The second kappa shape index (κ2) is 6.30. The smallest absolute Gasteiger partial charge is 0.325 e. The summed E-state index contributed by atoms with van der Waals surface area (Å²) >= 11 is 0. The molecule has 26 heavy (non-hydrogen) atoms. The summed E-state index contributed by atoms with van der Waals surface area (Å²) < 4.78 is 11.6. The second-order valence-corrected chi connectivity index (χ2v) is 7.83. The molecule has 7 nitrogen and oxygen atoms in total. The Hall–Kier alpha value is -2.57. The molecule has 2 aliphatic heterocycles. The predicted molar refractivity (Wildman–Crippen MR) is 94.5 cm³/mol. The lowest BCUT2D eigenvalue weighted by molar-refractivity contribution is -0.130. The van der Waals surface area contributed by atoms with Crippen molar-refractivity contribution in [2.24, 2.45) is 0 Å². The number of benzene rings is 1. The number of urea groups is 1. The molecule has 140 valence electrons. The van der Waals surface area contributed by atoms with Crippen LogP contribution in [-0.2, 0) is 4.79 Å². The minimum atomic E-state index is -0.854. The van der Waals surface area contributed by atoms with Crippen LogP contribution in [0.15, 0.2) is 18.2 Å². The lowest BCUT2D eigenvalue weighted by atomic mass is 9.93. The number of ketones is 1. The Morgan fingerprint density at radius 3 is 2.58 bits per heavy atom. The van der Waals surface area contributed by atoms with Crippen LogP contribution in [0.25, 0.3) is 0 Å². The number of rotatable bonds is 5. The first-order valence-electron chi connectivity index (χ1n) is 8.72. The van der Waals surface area contributed by atoms with E-state index in [2.05, 4.69) is 5.32 Å². The van der Waals surface area contributed by atoms with Gasteiger partial charge in [-0.05, 0) is 46.2 Å². The molecular formula is C19H24N2O5. The first-order chi connectivity index (χ1) is 12.1. The molecule has 0 spiro atoms. The fraction of sp³-hybridized carbons (Fsp3) is 0.526. The second-order valence-electron chi connectivity index (χ2n) is 7.83. The average Bonchev–Trinajstić information content (AvgIpc) is 2.71. The predicted octanol–water partition coefficient (Wildman–Crippen LogP) is 2.53. The van der Waals surface area contributed by atoms with Gasteiger partial charge in [0.15, 0.2) is 5.78 Å². The Morgan fingerprint density at radius 1 is 1.19 bits per heavy atom. The fourth-order valence-corrected chi connectivity index (χ4v) is 3.16. The van der Waals surface area contributed by atoms with Crippen molar-refractivity contribution in [3.63, 3.8) is 0 Å². The van der Waals surface area contributed by atoms with E-state index in [4.69, 9.17) is 9.47 Å². The van der Waals surface area contributed by atoms with Crippen LogP contribution in [-0.4, -0.2) is 46.9 Å². The van der Waals surface area contributed by atoms with E-state index in [0.717, 1.165) is 0 Å². The minimum absolute atomic E-state index is 0.0592. The largest absolute Gasteiger partial charge is 0.493 e. The standard InChI is InChI=1S/C19H24N2O5/c1-18(2)11-14(22)13-7-6-12(10-15(13)26-18)25-9-5-8-21-16(23)19(3,4)20-17(21)24/h6-7,10H,5,8-9,11H2,1-4H3,(H,20,24). The SMILES string of the molecule is CC1(C)CC(=O)c2ccc(OCCCN3C(=O)NC(C)(C)C3=O)cc2O1. The molecule has 2 aliphatic rings. The van der Waals surface area contributed by atoms with E-state index in [1.54, 1.807) is 32.0 Å². The van der Waals surface area contributed by atoms with Crippen molar-refractivity contribution in [1.29, 1.82) is 0 Å². The molecular weight excluding hydrogens is 336 g/mol. The summed E-state index contributed by atoms with van der Waals surface area (Å²) in [5.74, 6) is 0.945. The van der Waals surface area contributed by atoms with Gasteiger partial charge in [0, 0.05) is 12.6 Å². The van der Waals surface area contributed by atoms with Crippen LogP contribution in [0.5, 0.6) is 11.5 Å². The van der Waals surface area contributed by atoms with E-state index in [-0.39, 0.29) is 17.7 Å². The van der Waals surface area contributed by atoms with Gasteiger partial charge in [0.25, 0.3) is 5.91 Å². The van der Waals surface area contributed by atoms with E-state index in [1.165, 1.54) is 4.90 Å². The van der Waals surface area contributed by atoms with Gasteiger partial charge in [0.2, 0.25) is 0 Å². The number of carbonyl (C=O) groups excluding carboxylic acids is 3. The van der Waals surface area contributed by atoms with Crippen LogP contribution in [0.3, 0.4) is 0 Å². The molecule has 1 fully saturated rings. The fourth-order valence-electron chi connectivity index (χ4n) is 3.16. The summed E-state index contributed by atoms with van der Waals surface area (Å²) in [6, 6.07) is 4.78. The van der Waals surface area contributed by atoms with Gasteiger partial charge in [-0.2, -0.15) is 0 Å². The molecule has 7 heteroatoms. The number of carbonyl (C=O) groups is 3. The summed E-state index contributed by atoms with van der Waals surface area (Å²) in [6.07, 6.45) is 0.861. The van der Waals surface area contributed by atoms with Crippen molar-refractivity contribution in [1.82, 2.24) is 10.2 Å². The van der Waals surface area contributed by atoms with Crippen LogP contribution in [0, 0.1) is 0 Å². The first-order valence-corrected chi connectivity index (χ1v) is 8.72. The van der Waals surface area contributed by atoms with Crippen LogP contribution >= 0.6 is 0 Å². The summed E-state index contributed by atoms with van der Waals surface area (Å²) in [7, 11) is 0. The van der Waals surface area contributed by atoms with Crippen molar-refractivity contribution in [3.05, 3.63) is 23.8 Å². The maximum Gasteiger partial charge on any atom is 0.325 e. The third-order valence-electron chi connectivity index (χ3n) is 4.47. The maximum absolute atomic E-state index is 12.1. The molecule has 1 N–H and O–H groups in total. The zero-order valence-corrected chi connectivity index (χ0v) is 15.5. The van der Waals surface area contributed by atoms with E-state index < -0.39 is 11.1 Å². The zero-order valence-electron chi connectivity index (χ0n) is 15.5. The van der Waals surface area contributed by atoms with Gasteiger partial charge < -0.3 is 14.8 Å². The summed E-state index contributed by atoms with van der Waals surface area (Å²) in [5, 5.41) is 2.65. The molecule has 1 aromatic carbocycles. The molecule has 0 saturated carbocycles. The Labute approximate surface area is 152 Å². The van der Waals surface area contributed by atoms with Crippen LogP contribution in [0.1, 0.15) is 50.9 Å². The van der Waals surface area contributed by atoms with E-state index in [9.17, 15) is 14.4 Å². The van der Waals surface area contributed by atoms with Crippen LogP contribution in [0.2, 0.25) is 0 Å². The topological polar surface area (TPSA) is 84.9 Å². The lowest BCUT2D eigenvalue weighted by Gasteiger charge is -2.31. The normalized spacial score (nSPS) is 20.5. The molecule has 0 aliphatic carbocycles. The first kappa shape index (κ1) is 18.2. The molecule has 1 aromatic rings. The highest BCUT2D eigenvalue weighted by Gasteiger charge is 2.43. The van der Waals surface area contributed by atoms with E-state index in [1.807, 2.05) is 13.8 Å². The highest BCUT2D eigenvalue weighted by Crippen LogP contribution is 2.35. The highest BCUT2D eigenvalue weighted by molar-refractivity contribution is 6.06. The van der Waals surface area contributed by atoms with E-state index >= 15 is 0 Å². The number of fused-ring (bicyclic) bond motifs is 1. The molecule has 3 rings (SSSR count). The number of nitrogens with one attached hydrogen (secondary N) is 1. The van der Waals surface area contributed by atoms with Gasteiger partial charge in [0.05, 0.1) is 18.6 Å². The number of imide groups is 1. The quantitative estimate of drug-likeness (QED) is 0.644. The number of Topliss-reactive ketones (excluding diaryl/α,β-unsaturated/α-hetero) is 1. The summed E-state index contributed by atoms with van der Waals surface area (Å²) in [4.78, 5) is 37.3. The number of nitrogens with zero attached hydrogens (tertiary/aromatic N) is 1. The van der Waals surface area contributed by atoms with Gasteiger partial charge in [0.1, 0.15) is 22.6 Å². The number of hydrogen-bond donors (Lipinski definition) is 1. The molecule has 0 aromatic heterocycles. The summed E-state index contributed by atoms with van der Waals surface area (Å²) in [5.41, 5.74) is -0.815. The monoisotopic (exact) mass is 360 g/mol. The van der Waals surface area contributed by atoms with E-state index in [0.29, 0.717) is 43.1 Å². The highest BCUT2D eigenvalue weighted by atomic mass is 16.5.